The van der Waals surface area contributed by atoms with Crippen LogP contribution < -0.4 is 5.32 Å². The van der Waals surface area contributed by atoms with E-state index in [1.807, 2.05) is 0 Å². The molecule has 138 valence electrons. The number of nitrogens with zero attached hydrogens (tertiary/aromatic N) is 2. The Morgan fingerprint density at radius 1 is 1.44 bits per heavy atom. The number of rotatable bonds is 2. The van der Waals surface area contributed by atoms with Gasteiger partial charge in [-0.25, -0.2) is 0 Å². The number of hydrogen-bond acceptors (Lipinski definition) is 5. The number of aromatic amines is 1. The number of H-pyrrole nitrogens is 1. The Balaban J connectivity index is 1.51. The first-order chi connectivity index (χ1) is 13.0. The number of amides is 2. The molecule has 2 aromatic rings. The minimum absolute atomic E-state index is 0.276. The lowest BCUT2D eigenvalue weighted by Crippen LogP contribution is -2.37. The molecular formula is C19H18N4O4. The maximum absolute atomic E-state index is 12.5. The van der Waals surface area contributed by atoms with Crippen LogP contribution in [0.5, 0.6) is 0 Å². The average Bonchev–Trinajstić information content (AvgIpc) is 3.33. The van der Waals surface area contributed by atoms with Crippen LogP contribution in [0.25, 0.3) is 0 Å². The van der Waals surface area contributed by atoms with Crippen LogP contribution in [0.4, 0.5) is 5.69 Å². The third kappa shape index (κ3) is 3.18. The van der Waals surface area contributed by atoms with Crippen LogP contribution in [-0.2, 0) is 22.7 Å². The molecule has 1 aromatic carbocycles. The van der Waals surface area contributed by atoms with Crippen molar-refractivity contribution in [3.63, 3.8) is 0 Å². The number of nitrogens with one attached hydrogen (secondary N) is 2. The normalized spacial score (nSPS) is 21.0. The van der Waals surface area contributed by atoms with Gasteiger partial charge in [0, 0.05) is 36.8 Å². The summed E-state index contributed by atoms with van der Waals surface area (Å²) in [7, 11) is 1.63. The second-order valence-corrected chi connectivity index (χ2v) is 6.64. The molecule has 8 nitrogen and oxygen atoms in total. The maximum atomic E-state index is 12.5. The molecule has 2 aliphatic heterocycles. The number of carbonyl (C=O) groups excluding carboxylic acids is 2. The summed E-state index contributed by atoms with van der Waals surface area (Å²) in [4.78, 5) is 25.9. The van der Waals surface area contributed by atoms with E-state index in [1.165, 1.54) is 4.90 Å². The third-order valence-electron chi connectivity index (χ3n) is 4.70. The van der Waals surface area contributed by atoms with Crippen LogP contribution in [0.15, 0.2) is 24.3 Å². The number of anilines is 1. The van der Waals surface area contributed by atoms with Crippen molar-refractivity contribution in [3.8, 4) is 11.8 Å². The monoisotopic (exact) mass is 366 g/mol. The molecule has 2 amide bonds. The molecule has 3 heterocycles. The van der Waals surface area contributed by atoms with E-state index in [1.54, 1.807) is 31.3 Å². The molecule has 0 aliphatic carbocycles. The molecule has 0 spiro atoms. The summed E-state index contributed by atoms with van der Waals surface area (Å²) in [5, 5.41) is 20.0. The summed E-state index contributed by atoms with van der Waals surface area (Å²) >= 11 is 0. The molecule has 0 bridgehead atoms. The lowest BCUT2D eigenvalue weighted by molar-refractivity contribution is -0.137. The fraction of sp³-hybridized carbons (Fsp3) is 0.316. The number of fused-ring (bicyclic) bond motifs is 1. The first-order valence-corrected chi connectivity index (χ1v) is 8.53. The number of hydrogen-bond donors (Lipinski definition) is 3. The van der Waals surface area contributed by atoms with Crippen molar-refractivity contribution in [1.82, 2.24) is 15.1 Å². The van der Waals surface area contributed by atoms with Crippen molar-refractivity contribution in [3.05, 3.63) is 46.8 Å². The van der Waals surface area contributed by atoms with Gasteiger partial charge in [-0.15, -0.1) is 0 Å². The van der Waals surface area contributed by atoms with E-state index in [2.05, 4.69) is 27.4 Å². The zero-order valence-electron chi connectivity index (χ0n) is 14.7. The summed E-state index contributed by atoms with van der Waals surface area (Å²) in [5.41, 5.74) is 1.38. The van der Waals surface area contributed by atoms with Crippen LogP contribution in [0.1, 0.15) is 33.7 Å². The van der Waals surface area contributed by atoms with Gasteiger partial charge in [0.2, 0.25) is 5.60 Å². The molecule has 27 heavy (non-hydrogen) atoms. The predicted molar refractivity (Wildman–Crippen MR) is 95.6 cm³/mol. The van der Waals surface area contributed by atoms with Crippen LogP contribution in [-0.4, -0.2) is 51.2 Å². The van der Waals surface area contributed by atoms with Crippen LogP contribution in [0, 0.1) is 11.8 Å². The van der Waals surface area contributed by atoms with Gasteiger partial charge in [0.25, 0.3) is 11.8 Å². The highest BCUT2D eigenvalue weighted by Gasteiger charge is 2.42. The number of ether oxygens (including phenoxy) is 1. The van der Waals surface area contributed by atoms with E-state index in [0.717, 1.165) is 11.3 Å². The minimum Gasteiger partial charge on any atom is -0.370 e. The molecule has 1 aromatic heterocycles. The zero-order valence-corrected chi connectivity index (χ0v) is 14.7. The molecule has 0 radical (unpaired) electrons. The molecule has 3 N–H and O–H groups in total. The molecule has 0 saturated carbocycles. The summed E-state index contributed by atoms with van der Waals surface area (Å²) in [6.45, 7) is 1.26. The largest absolute Gasteiger partial charge is 0.370 e. The number of aliphatic hydroxyl groups is 1. The second kappa shape index (κ2) is 6.54. The first kappa shape index (κ1) is 17.3. The lowest BCUT2D eigenvalue weighted by Gasteiger charge is -2.13. The highest BCUT2D eigenvalue weighted by atomic mass is 16.5. The van der Waals surface area contributed by atoms with Crippen molar-refractivity contribution in [1.29, 1.82) is 0 Å². The lowest BCUT2D eigenvalue weighted by atomic mass is 10.0. The van der Waals surface area contributed by atoms with Crippen molar-refractivity contribution in [2.24, 2.45) is 0 Å². The number of carbonyl (C=O) groups is 2. The van der Waals surface area contributed by atoms with Gasteiger partial charge < -0.3 is 20.1 Å². The van der Waals surface area contributed by atoms with Gasteiger partial charge >= 0.3 is 0 Å². The van der Waals surface area contributed by atoms with Crippen molar-refractivity contribution in [2.75, 3.05) is 18.9 Å². The van der Waals surface area contributed by atoms with Gasteiger partial charge in [0.1, 0.15) is 0 Å². The maximum Gasteiger partial charge on any atom is 0.276 e. The Morgan fingerprint density at radius 3 is 3.07 bits per heavy atom. The van der Waals surface area contributed by atoms with E-state index < -0.39 is 11.5 Å². The molecular weight excluding hydrogens is 348 g/mol. The summed E-state index contributed by atoms with van der Waals surface area (Å²) in [5.74, 6) is 4.76. The number of likely N-dealkylation sites (N-methyl/N-ethyl adjacent to an activating group) is 1. The fourth-order valence-corrected chi connectivity index (χ4v) is 3.13. The smallest absolute Gasteiger partial charge is 0.276 e. The van der Waals surface area contributed by atoms with Crippen molar-refractivity contribution in [2.45, 2.75) is 25.2 Å². The van der Waals surface area contributed by atoms with Gasteiger partial charge in [-0.05, 0) is 18.2 Å². The van der Waals surface area contributed by atoms with E-state index in [0.29, 0.717) is 36.7 Å². The van der Waals surface area contributed by atoms with Gasteiger partial charge in [-0.3, -0.25) is 14.7 Å². The first-order valence-electron chi connectivity index (χ1n) is 8.53. The van der Waals surface area contributed by atoms with Crippen LogP contribution in [0.2, 0.25) is 0 Å². The minimum atomic E-state index is -1.65. The zero-order chi connectivity index (χ0) is 19.0. The molecule has 4 rings (SSSR count). The van der Waals surface area contributed by atoms with E-state index in [9.17, 15) is 14.7 Å². The van der Waals surface area contributed by atoms with Crippen LogP contribution in [0.3, 0.4) is 0 Å². The standard InChI is InChI=1S/C19H18N4O4/c1-23-8-7-19(26,18(23)25)6-5-12-3-2-4-13(9-12)20-17(24)16-14-10-27-11-15(14)21-22-16/h2-4,9,26H,7-8,10-11H2,1H3,(H,20,24)(H,21,22)/t19-/m0/s1. The summed E-state index contributed by atoms with van der Waals surface area (Å²) in [6, 6.07) is 6.90. The molecule has 1 atom stereocenters. The Hall–Kier alpha value is -3.15. The molecule has 8 heteroatoms. The van der Waals surface area contributed by atoms with Crippen molar-refractivity contribution < 1.29 is 19.4 Å². The highest BCUT2D eigenvalue weighted by Crippen LogP contribution is 2.23. The summed E-state index contributed by atoms with van der Waals surface area (Å²) < 4.78 is 5.30. The van der Waals surface area contributed by atoms with E-state index in [-0.39, 0.29) is 12.3 Å². The highest BCUT2D eigenvalue weighted by molar-refractivity contribution is 6.04. The molecule has 2 aliphatic rings. The van der Waals surface area contributed by atoms with Gasteiger partial charge in [0.05, 0.1) is 18.9 Å². The number of benzene rings is 1. The Labute approximate surface area is 155 Å². The number of aromatic nitrogens is 2. The fourth-order valence-electron chi connectivity index (χ4n) is 3.13. The van der Waals surface area contributed by atoms with Gasteiger partial charge in [0.15, 0.2) is 5.69 Å². The third-order valence-corrected chi connectivity index (χ3v) is 4.70. The topological polar surface area (TPSA) is 108 Å². The van der Waals surface area contributed by atoms with Gasteiger partial charge in [-0.1, -0.05) is 17.9 Å². The quantitative estimate of drug-likeness (QED) is 0.676. The van der Waals surface area contributed by atoms with E-state index >= 15 is 0 Å². The Kier molecular flexibility index (Phi) is 4.18. The summed E-state index contributed by atoms with van der Waals surface area (Å²) in [6.07, 6.45) is 0.276. The second-order valence-electron chi connectivity index (χ2n) is 6.64. The Morgan fingerprint density at radius 2 is 2.30 bits per heavy atom. The Bertz CT molecular complexity index is 987. The van der Waals surface area contributed by atoms with E-state index in [4.69, 9.17) is 4.74 Å². The predicted octanol–water partition coefficient (Wildman–Crippen LogP) is 0.637. The molecule has 1 saturated heterocycles. The van der Waals surface area contributed by atoms with Gasteiger partial charge in [-0.2, -0.15) is 5.10 Å². The number of likely N-dealkylation sites (tertiary alicyclic amines) is 1. The molecule has 0 unspecified atom stereocenters. The van der Waals surface area contributed by atoms with Crippen LogP contribution >= 0.6 is 0 Å². The SMILES string of the molecule is CN1CC[C@@](O)(C#Cc2cccc(NC(=O)c3n[nH]c4c3COC4)c2)C1=O. The van der Waals surface area contributed by atoms with Crippen molar-refractivity contribution >= 4 is 17.5 Å². The molecule has 1 fully saturated rings. The average molecular weight is 366 g/mol.